The van der Waals surface area contributed by atoms with Gasteiger partial charge in [0.1, 0.15) is 11.4 Å². The summed E-state index contributed by atoms with van der Waals surface area (Å²) >= 11 is 0. The van der Waals surface area contributed by atoms with Crippen molar-refractivity contribution in [3.05, 3.63) is 47.7 Å². The normalized spacial score (nSPS) is 24.6. The molecule has 2 aromatic rings. The second-order valence-electron chi connectivity index (χ2n) is 7.18. The Kier molecular flexibility index (Phi) is 4.59. The first-order chi connectivity index (χ1) is 12.9. The van der Waals surface area contributed by atoms with E-state index in [0.717, 1.165) is 32.1 Å². The fourth-order valence-corrected chi connectivity index (χ4v) is 3.83. The number of benzene rings is 1. The molecule has 2 N–H and O–H groups in total. The van der Waals surface area contributed by atoms with E-state index in [1.165, 1.54) is 12.5 Å². The van der Waals surface area contributed by atoms with Crippen molar-refractivity contribution in [2.75, 3.05) is 19.6 Å². The lowest BCUT2D eigenvalue weighted by Gasteiger charge is -2.30. The molecule has 2 saturated heterocycles. The molecule has 2 bridgehead atoms. The number of carbonyl (C=O) groups excluding carboxylic acids is 1. The number of ether oxygens (including phenoxy) is 1. The zero-order valence-corrected chi connectivity index (χ0v) is 14.6. The van der Waals surface area contributed by atoms with E-state index in [9.17, 15) is 18.0 Å². The lowest BCUT2D eigenvalue weighted by molar-refractivity contribution is -0.140. The summed E-state index contributed by atoms with van der Waals surface area (Å²) in [6, 6.07) is 8.65. The predicted octanol–water partition coefficient (Wildman–Crippen LogP) is 3.65. The molecule has 8 heteroatoms. The average Bonchev–Trinajstić information content (AvgIpc) is 3.22. The zero-order chi connectivity index (χ0) is 19.0. The van der Waals surface area contributed by atoms with Crippen molar-refractivity contribution in [3.63, 3.8) is 0 Å². The van der Waals surface area contributed by atoms with Crippen LogP contribution >= 0.6 is 0 Å². The van der Waals surface area contributed by atoms with Gasteiger partial charge < -0.3 is 19.9 Å². The van der Waals surface area contributed by atoms with Crippen molar-refractivity contribution in [1.82, 2.24) is 15.2 Å². The van der Waals surface area contributed by atoms with Gasteiger partial charge in [0, 0.05) is 30.8 Å². The molecular formula is C19H20F3N3O2. The van der Waals surface area contributed by atoms with E-state index in [0.29, 0.717) is 17.2 Å². The van der Waals surface area contributed by atoms with E-state index in [-0.39, 0.29) is 17.8 Å². The van der Waals surface area contributed by atoms with Gasteiger partial charge in [-0.2, -0.15) is 13.2 Å². The third-order valence-electron chi connectivity index (χ3n) is 5.11. The quantitative estimate of drug-likeness (QED) is 0.853. The fourth-order valence-electron chi connectivity index (χ4n) is 3.83. The van der Waals surface area contributed by atoms with Crippen LogP contribution in [0.3, 0.4) is 0 Å². The molecule has 0 radical (unpaired) electrons. The Bertz CT molecular complexity index is 804. The number of halogens is 3. The molecule has 1 aromatic carbocycles. The molecule has 1 amide bonds. The lowest BCUT2D eigenvalue weighted by atomic mass is 9.96. The van der Waals surface area contributed by atoms with Gasteiger partial charge in [0.2, 0.25) is 0 Å². The molecule has 27 heavy (non-hydrogen) atoms. The molecular weight excluding hydrogens is 359 g/mol. The third-order valence-corrected chi connectivity index (χ3v) is 5.11. The van der Waals surface area contributed by atoms with E-state index in [4.69, 9.17) is 4.74 Å². The Morgan fingerprint density at radius 1 is 1.15 bits per heavy atom. The maximum atomic E-state index is 12.6. The summed E-state index contributed by atoms with van der Waals surface area (Å²) in [5, 5.41) is 3.07. The van der Waals surface area contributed by atoms with Crippen LogP contribution in [0.15, 0.2) is 36.4 Å². The molecule has 3 heterocycles. The van der Waals surface area contributed by atoms with Crippen molar-refractivity contribution in [2.45, 2.75) is 25.1 Å². The molecule has 5 nitrogen and oxygen atoms in total. The van der Waals surface area contributed by atoms with Gasteiger partial charge >= 0.3 is 6.18 Å². The molecule has 4 rings (SSSR count). The molecule has 0 spiro atoms. The Balaban J connectivity index is 1.35. The van der Waals surface area contributed by atoms with Crippen molar-refractivity contribution in [3.8, 4) is 11.6 Å². The van der Waals surface area contributed by atoms with E-state index < -0.39 is 11.9 Å². The summed E-state index contributed by atoms with van der Waals surface area (Å²) in [6.45, 7) is 3.13. The van der Waals surface area contributed by atoms with Gasteiger partial charge in [-0.15, -0.1) is 0 Å². The minimum atomic E-state index is -4.45. The average molecular weight is 379 g/mol. The van der Waals surface area contributed by atoms with Crippen LogP contribution in [-0.4, -0.2) is 41.5 Å². The number of amides is 1. The Labute approximate surface area is 154 Å². The minimum absolute atomic E-state index is 0.00810. The Morgan fingerprint density at radius 3 is 2.59 bits per heavy atom. The van der Waals surface area contributed by atoms with Crippen molar-refractivity contribution >= 4 is 5.91 Å². The van der Waals surface area contributed by atoms with Crippen LogP contribution in [0, 0.1) is 5.92 Å². The van der Waals surface area contributed by atoms with Gasteiger partial charge in [-0.3, -0.25) is 4.79 Å². The first kappa shape index (κ1) is 17.9. The molecule has 0 saturated carbocycles. The number of alkyl halides is 3. The van der Waals surface area contributed by atoms with Crippen LogP contribution in [0.4, 0.5) is 13.2 Å². The van der Waals surface area contributed by atoms with Gasteiger partial charge in [-0.25, -0.2) is 0 Å². The van der Waals surface area contributed by atoms with Gasteiger partial charge in [0.25, 0.3) is 5.91 Å². The number of hydrogen-bond acceptors (Lipinski definition) is 3. The smallest absolute Gasteiger partial charge is 0.431 e. The third kappa shape index (κ3) is 4.10. The number of carbonyl (C=O) groups is 1. The number of fused-ring (bicyclic) bond motifs is 2. The number of H-pyrrole nitrogens is 1. The van der Waals surface area contributed by atoms with Crippen molar-refractivity contribution in [2.24, 2.45) is 5.92 Å². The molecule has 3 atom stereocenters. The molecule has 1 aromatic heterocycles. The molecule has 2 aliphatic rings. The van der Waals surface area contributed by atoms with E-state index in [1.54, 1.807) is 24.3 Å². The molecule has 1 unspecified atom stereocenters. The van der Waals surface area contributed by atoms with E-state index >= 15 is 0 Å². The maximum Gasteiger partial charge on any atom is 0.431 e. The Morgan fingerprint density at radius 2 is 1.93 bits per heavy atom. The van der Waals surface area contributed by atoms with Crippen LogP contribution in [-0.2, 0) is 6.18 Å². The van der Waals surface area contributed by atoms with Gasteiger partial charge in [-0.05, 0) is 55.6 Å². The fraction of sp³-hybridized carbons (Fsp3) is 0.421. The summed E-state index contributed by atoms with van der Waals surface area (Å²) in [5.41, 5.74) is -0.372. The second-order valence-corrected chi connectivity index (χ2v) is 7.18. The van der Waals surface area contributed by atoms with Crippen LogP contribution in [0.25, 0.3) is 0 Å². The van der Waals surface area contributed by atoms with Gasteiger partial charge in [0.15, 0.2) is 5.88 Å². The number of rotatable bonds is 4. The highest BCUT2D eigenvalue weighted by Gasteiger charge is 2.33. The number of hydrogen-bond donors (Lipinski definition) is 2. The summed E-state index contributed by atoms with van der Waals surface area (Å²) in [6.07, 6.45) is -2.23. The Hall–Kier alpha value is -2.48. The summed E-state index contributed by atoms with van der Waals surface area (Å²) in [4.78, 5) is 17.0. The monoisotopic (exact) mass is 379 g/mol. The molecule has 2 fully saturated rings. The van der Waals surface area contributed by atoms with Gasteiger partial charge in [-0.1, -0.05) is 0 Å². The second kappa shape index (κ2) is 6.92. The van der Waals surface area contributed by atoms with Crippen molar-refractivity contribution < 1.29 is 22.7 Å². The number of piperidine rings is 1. The van der Waals surface area contributed by atoms with Crippen LogP contribution in [0.2, 0.25) is 0 Å². The highest BCUT2D eigenvalue weighted by Crippen LogP contribution is 2.31. The molecule has 144 valence electrons. The lowest BCUT2D eigenvalue weighted by Crippen LogP contribution is -2.46. The number of nitrogens with one attached hydrogen (secondary N) is 2. The zero-order valence-electron chi connectivity index (χ0n) is 14.6. The summed E-state index contributed by atoms with van der Waals surface area (Å²) in [7, 11) is 0. The van der Waals surface area contributed by atoms with E-state index in [1.807, 2.05) is 0 Å². The maximum absolute atomic E-state index is 12.6. The summed E-state index contributed by atoms with van der Waals surface area (Å²) in [5.74, 6) is 0.866. The highest BCUT2D eigenvalue weighted by atomic mass is 19.4. The number of aromatic nitrogens is 1. The molecule has 2 aliphatic heterocycles. The topological polar surface area (TPSA) is 57.4 Å². The van der Waals surface area contributed by atoms with Crippen LogP contribution in [0.1, 0.15) is 28.9 Å². The first-order valence-electron chi connectivity index (χ1n) is 8.94. The molecule has 0 aliphatic carbocycles. The van der Waals surface area contributed by atoms with E-state index in [2.05, 4.69) is 15.2 Å². The van der Waals surface area contributed by atoms with Gasteiger partial charge in [0.05, 0.1) is 0 Å². The first-order valence-corrected chi connectivity index (χ1v) is 8.94. The van der Waals surface area contributed by atoms with Crippen LogP contribution in [0.5, 0.6) is 11.6 Å². The summed E-state index contributed by atoms with van der Waals surface area (Å²) < 4.78 is 43.2. The standard InChI is InChI=1S/C19H20F3N3O2/c20-19(21,22)16-5-6-17(24-16)27-15-3-1-13(2-4-15)18(26)23-14-9-12-7-8-25(10-12)11-14/h1-6,12,14,24H,7-11H2,(H,23,26)/t12-,14-/m1/s1. The highest BCUT2D eigenvalue weighted by molar-refractivity contribution is 5.94. The SMILES string of the molecule is O=C(N[C@@H]1C[C@H]2CCN(C2)C1)c1ccc(Oc2ccc(C(F)(F)F)[nH]2)cc1. The predicted molar refractivity (Wildman–Crippen MR) is 92.7 cm³/mol. The van der Waals surface area contributed by atoms with Crippen molar-refractivity contribution in [1.29, 1.82) is 0 Å². The largest absolute Gasteiger partial charge is 0.441 e. The number of aromatic amines is 1. The minimum Gasteiger partial charge on any atom is -0.441 e. The van der Waals surface area contributed by atoms with Crippen LogP contribution < -0.4 is 10.1 Å². The number of nitrogens with zero attached hydrogens (tertiary/aromatic N) is 1.